The molecule has 1 saturated carbocycles. The van der Waals surface area contributed by atoms with Crippen molar-refractivity contribution in [3.63, 3.8) is 0 Å². The first kappa shape index (κ1) is 11.6. The van der Waals surface area contributed by atoms with Gasteiger partial charge in [-0.25, -0.2) is 4.39 Å². The van der Waals surface area contributed by atoms with E-state index in [1.165, 1.54) is 5.56 Å². The highest BCUT2D eigenvalue weighted by Gasteiger charge is 2.42. The first-order valence-corrected chi connectivity index (χ1v) is 6.13. The summed E-state index contributed by atoms with van der Waals surface area (Å²) >= 11 is 0. The molecule has 0 aliphatic heterocycles. The zero-order valence-corrected chi connectivity index (χ0v) is 9.93. The van der Waals surface area contributed by atoms with Crippen LogP contribution in [0.25, 0.3) is 0 Å². The number of hydrogen-bond acceptors (Lipinski definition) is 1. The van der Waals surface area contributed by atoms with Crippen molar-refractivity contribution in [2.75, 3.05) is 13.6 Å². The Labute approximate surface area is 97.1 Å². The van der Waals surface area contributed by atoms with Gasteiger partial charge in [0.2, 0.25) is 0 Å². The average molecular weight is 221 g/mol. The fourth-order valence-electron chi connectivity index (χ4n) is 2.04. The van der Waals surface area contributed by atoms with E-state index in [2.05, 4.69) is 23.5 Å². The van der Waals surface area contributed by atoms with Crippen LogP contribution < -0.4 is 5.32 Å². The maximum absolute atomic E-state index is 13.6. The topological polar surface area (TPSA) is 12.0 Å². The first-order chi connectivity index (χ1) is 7.72. The number of aryl methyl sites for hydroxylation is 1. The van der Waals surface area contributed by atoms with Gasteiger partial charge in [0.25, 0.3) is 0 Å². The Balaban J connectivity index is 1.91. The summed E-state index contributed by atoms with van der Waals surface area (Å²) in [4.78, 5) is 0. The molecule has 1 nitrogen and oxygen atoms in total. The van der Waals surface area contributed by atoms with Crippen LogP contribution in [0.4, 0.5) is 4.39 Å². The fraction of sp³-hybridized carbons (Fsp3) is 0.571. The lowest BCUT2D eigenvalue weighted by Gasteiger charge is -2.07. The van der Waals surface area contributed by atoms with Gasteiger partial charge in [0.05, 0.1) is 0 Å². The molecule has 1 aromatic carbocycles. The van der Waals surface area contributed by atoms with Crippen LogP contribution in [0.5, 0.6) is 0 Å². The Hall–Kier alpha value is -0.890. The monoisotopic (exact) mass is 221 g/mol. The molecule has 2 heteroatoms. The van der Waals surface area contributed by atoms with Gasteiger partial charge in [-0.1, -0.05) is 24.3 Å². The first-order valence-electron chi connectivity index (χ1n) is 6.13. The number of nitrogens with one attached hydrogen (secondary N) is 1. The van der Waals surface area contributed by atoms with E-state index >= 15 is 0 Å². The lowest BCUT2D eigenvalue weighted by atomic mass is 10.0. The molecule has 1 N–H and O–H groups in total. The molecule has 0 bridgehead atoms. The van der Waals surface area contributed by atoms with Crippen LogP contribution in [-0.4, -0.2) is 19.3 Å². The van der Waals surface area contributed by atoms with Crippen LogP contribution in [0, 0.1) is 0 Å². The van der Waals surface area contributed by atoms with Crippen molar-refractivity contribution in [1.29, 1.82) is 0 Å². The normalized spacial score (nSPS) is 17.4. The average Bonchev–Trinajstić information content (AvgIpc) is 2.97. The van der Waals surface area contributed by atoms with Crippen molar-refractivity contribution in [3.8, 4) is 0 Å². The van der Waals surface area contributed by atoms with Gasteiger partial charge in [-0.2, -0.15) is 0 Å². The van der Waals surface area contributed by atoms with E-state index in [-0.39, 0.29) is 0 Å². The molecule has 0 amide bonds. The molecule has 0 unspecified atom stereocenters. The van der Waals surface area contributed by atoms with Crippen molar-refractivity contribution in [2.45, 2.75) is 37.8 Å². The summed E-state index contributed by atoms with van der Waals surface area (Å²) < 4.78 is 13.6. The van der Waals surface area contributed by atoms with E-state index in [1.807, 2.05) is 13.1 Å². The number of rotatable bonds is 6. The van der Waals surface area contributed by atoms with Crippen molar-refractivity contribution >= 4 is 0 Å². The molecule has 0 heterocycles. The fourth-order valence-corrected chi connectivity index (χ4v) is 2.04. The van der Waals surface area contributed by atoms with Crippen molar-refractivity contribution in [2.24, 2.45) is 0 Å². The maximum Gasteiger partial charge on any atom is 0.115 e. The minimum Gasteiger partial charge on any atom is -0.320 e. The predicted octanol–water partition coefficient (Wildman–Crippen LogP) is 2.88. The second-order valence-corrected chi connectivity index (χ2v) is 4.85. The third-order valence-corrected chi connectivity index (χ3v) is 3.20. The highest BCUT2D eigenvalue weighted by molar-refractivity contribution is 5.26. The van der Waals surface area contributed by atoms with Gasteiger partial charge in [-0.15, -0.1) is 0 Å². The molecular weight excluding hydrogens is 201 g/mol. The Morgan fingerprint density at radius 1 is 1.31 bits per heavy atom. The largest absolute Gasteiger partial charge is 0.320 e. The summed E-state index contributed by atoms with van der Waals surface area (Å²) in [5.74, 6) is 0. The molecule has 0 radical (unpaired) electrons. The number of benzene rings is 1. The van der Waals surface area contributed by atoms with Gasteiger partial charge < -0.3 is 5.32 Å². The zero-order valence-electron chi connectivity index (χ0n) is 9.93. The van der Waals surface area contributed by atoms with Crippen molar-refractivity contribution in [3.05, 3.63) is 35.4 Å². The standard InChI is InChI=1S/C14H20FN/c1-16-9-3-6-12-4-2-5-13(10-12)11-14(15)7-8-14/h2,4-5,10,16H,3,6-9,11H2,1H3. The Morgan fingerprint density at radius 2 is 2.06 bits per heavy atom. The number of alkyl halides is 1. The van der Waals surface area contributed by atoms with Gasteiger partial charge in [-0.3, -0.25) is 0 Å². The quantitative estimate of drug-likeness (QED) is 0.728. The number of hydrogen-bond donors (Lipinski definition) is 1. The lowest BCUT2D eigenvalue weighted by molar-refractivity contribution is 0.308. The zero-order chi connectivity index (χ0) is 11.4. The van der Waals surface area contributed by atoms with Crippen LogP contribution in [0.3, 0.4) is 0 Å². The summed E-state index contributed by atoms with van der Waals surface area (Å²) in [7, 11) is 1.97. The van der Waals surface area contributed by atoms with Crippen molar-refractivity contribution in [1.82, 2.24) is 5.32 Å². The smallest absolute Gasteiger partial charge is 0.115 e. The van der Waals surface area contributed by atoms with Crippen LogP contribution in [-0.2, 0) is 12.8 Å². The SMILES string of the molecule is CNCCCc1cccc(CC2(F)CC2)c1. The van der Waals surface area contributed by atoms with Crippen LogP contribution in [0.15, 0.2) is 24.3 Å². The third kappa shape index (κ3) is 3.31. The van der Waals surface area contributed by atoms with Crippen LogP contribution >= 0.6 is 0 Å². The molecule has 1 fully saturated rings. The molecule has 88 valence electrons. The second kappa shape index (κ2) is 4.96. The Bertz CT molecular complexity index is 344. The minimum absolute atomic E-state index is 0.604. The maximum atomic E-state index is 13.6. The lowest BCUT2D eigenvalue weighted by Crippen LogP contribution is -2.08. The molecule has 1 aliphatic carbocycles. The molecule has 1 aliphatic rings. The Morgan fingerprint density at radius 3 is 2.75 bits per heavy atom. The molecule has 0 aromatic heterocycles. The highest BCUT2D eigenvalue weighted by atomic mass is 19.1. The van der Waals surface area contributed by atoms with Gasteiger partial charge >= 0.3 is 0 Å². The van der Waals surface area contributed by atoms with E-state index < -0.39 is 5.67 Å². The summed E-state index contributed by atoms with van der Waals surface area (Å²) in [5.41, 5.74) is 1.61. The van der Waals surface area contributed by atoms with E-state index in [0.29, 0.717) is 6.42 Å². The van der Waals surface area contributed by atoms with Gasteiger partial charge in [-0.05, 0) is 50.4 Å². The van der Waals surface area contributed by atoms with Gasteiger partial charge in [0.1, 0.15) is 5.67 Å². The highest BCUT2D eigenvalue weighted by Crippen LogP contribution is 2.42. The molecule has 0 atom stereocenters. The molecule has 0 saturated heterocycles. The minimum atomic E-state index is -0.871. The summed E-state index contributed by atoms with van der Waals surface area (Å²) in [6.45, 7) is 1.04. The number of halogens is 1. The van der Waals surface area contributed by atoms with Crippen LogP contribution in [0.1, 0.15) is 30.4 Å². The second-order valence-electron chi connectivity index (χ2n) is 4.85. The summed E-state index contributed by atoms with van der Waals surface area (Å²) in [6.07, 6.45) is 4.31. The summed E-state index contributed by atoms with van der Waals surface area (Å²) in [6, 6.07) is 8.39. The molecule has 2 rings (SSSR count). The van der Waals surface area contributed by atoms with E-state index in [1.54, 1.807) is 0 Å². The molecule has 16 heavy (non-hydrogen) atoms. The van der Waals surface area contributed by atoms with E-state index in [9.17, 15) is 4.39 Å². The van der Waals surface area contributed by atoms with E-state index in [4.69, 9.17) is 0 Å². The van der Waals surface area contributed by atoms with Crippen molar-refractivity contribution < 1.29 is 4.39 Å². The summed E-state index contributed by atoms with van der Waals surface area (Å²) in [5, 5.41) is 3.14. The molecule has 0 spiro atoms. The predicted molar refractivity (Wildman–Crippen MR) is 65.5 cm³/mol. The Kier molecular flexibility index (Phi) is 3.59. The van der Waals surface area contributed by atoms with Gasteiger partial charge in [0, 0.05) is 6.42 Å². The van der Waals surface area contributed by atoms with Gasteiger partial charge in [0.15, 0.2) is 0 Å². The van der Waals surface area contributed by atoms with E-state index in [0.717, 1.165) is 37.8 Å². The molecular formula is C14H20FN. The molecule has 1 aromatic rings. The third-order valence-electron chi connectivity index (χ3n) is 3.20. The van der Waals surface area contributed by atoms with Crippen LogP contribution in [0.2, 0.25) is 0 Å².